The molecule has 1 amide bonds. The number of fused-ring (bicyclic) bond motifs is 1. The van der Waals surface area contributed by atoms with Crippen molar-refractivity contribution >= 4 is 23.4 Å². The molecule has 1 aliphatic rings. The second-order valence-electron chi connectivity index (χ2n) is 5.53. The Kier molecular flexibility index (Phi) is 5.22. The zero-order valence-electron chi connectivity index (χ0n) is 13.3. The highest BCUT2D eigenvalue weighted by Crippen LogP contribution is 2.34. The molecule has 2 aromatic rings. The number of para-hydroxylation sites is 1. The first kappa shape index (κ1) is 17.7. The van der Waals surface area contributed by atoms with Crippen molar-refractivity contribution in [1.82, 2.24) is 0 Å². The van der Waals surface area contributed by atoms with Crippen LogP contribution in [0.2, 0.25) is 0 Å². The van der Waals surface area contributed by atoms with Crippen LogP contribution >= 0.6 is 11.8 Å². The van der Waals surface area contributed by atoms with Crippen molar-refractivity contribution in [2.75, 3.05) is 23.8 Å². The summed E-state index contributed by atoms with van der Waals surface area (Å²) >= 11 is 1.69. The number of nitrogens with zero attached hydrogens (tertiary/aromatic N) is 1. The van der Waals surface area contributed by atoms with E-state index in [-0.39, 0.29) is 18.3 Å². The van der Waals surface area contributed by atoms with E-state index in [0.29, 0.717) is 6.54 Å². The van der Waals surface area contributed by atoms with Gasteiger partial charge >= 0.3 is 6.18 Å². The molecular weight excluding hydrogens is 351 g/mol. The van der Waals surface area contributed by atoms with Crippen LogP contribution in [0.5, 0.6) is 5.75 Å². The van der Waals surface area contributed by atoms with Gasteiger partial charge in [0, 0.05) is 11.4 Å². The number of halogens is 3. The molecule has 1 heterocycles. The average Bonchev–Trinajstić information content (AvgIpc) is 2.82. The van der Waals surface area contributed by atoms with Crippen LogP contribution in [-0.4, -0.2) is 24.8 Å². The molecule has 0 atom stereocenters. The Balaban J connectivity index is 1.71. The molecule has 0 aromatic heterocycles. The summed E-state index contributed by atoms with van der Waals surface area (Å²) in [6, 6.07) is 12.2. The smallest absolute Gasteiger partial charge is 0.416 e. The van der Waals surface area contributed by atoms with Gasteiger partial charge in [0.15, 0.2) is 6.61 Å². The number of thioether (sulfide) groups is 1. The molecule has 1 aliphatic heterocycles. The van der Waals surface area contributed by atoms with E-state index in [0.717, 1.165) is 34.9 Å². The lowest BCUT2D eigenvalue weighted by atomic mass is 10.2. The summed E-state index contributed by atoms with van der Waals surface area (Å²) in [5.41, 5.74) is 0.0246. The number of ether oxygens (including phenoxy) is 1. The van der Waals surface area contributed by atoms with E-state index >= 15 is 0 Å². The SMILES string of the molecule is O=C(COc1cccc(C(F)(F)F)c1)N1CCCSc2ccccc21. The van der Waals surface area contributed by atoms with Gasteiger partial charge in [-0.1, -0.05) is 18.2 Å². The average molecular weight is 367 g/mol. The largest absolute Gasteiger partial charge is 0.484 e. The first-order valence-electron chi connectivity index (χ1n) is 7.77. The molecule has 7 heteroatoms. The standard InChI is InChI=1S/C18H16F3NO2S/c19-18(20,21)13-5-3-6-14(11-13)24-12-17(23)22-9-4-10-25-16-8-2-1-7-15(16)22/h1-3,5-8,11H,4,9-10,12H2. The molecule has 0 fully saturated rings. The molecule has 3 rings (SSSR count). The Morgan fingerprint density at radius 1 is 1.16 bits per heavy atom. The monoisotopic (exact) mass is 367 g/mol. The quantitative estimate of drug-likeness (QED) is 0.793. The van der Waals surface area contributed by atoms with Gasteiger partial charge in [0.25, 0.3) is 5.91 Å². The van der Waals surface area contributed by atoms with E-state index in [1.54, 1.807) is 16.7 Å². The van der Waals surface area contributed by atoms with Crippen LogP contribution in [0, 0.1) is 0 Å². The maximum atomic E-state index is 12.7. The van der Waals surface area contributed by atoms with Gasteiger partial charge in [-0.25, -0.2) is 0 Å². The number of carbonyl (C=O) groups excluding carboxylic acids is 1. The van der Waals surface area contributed by atoms with Crippen LogP contribution < -0.4 is 9.64 Å². The second kappa shape index (κ2) is 7.39. The third-order valence-corrected chi connectivity index (χ3v) is 4.91. The van der Waals surface area contributed by atoms with E-state index < -0.39 is 11.7 Å². The predicted molar refractivity (Wildman–Crippen MR) is 91.1 cm³/mol. The first-order chi connectivity index (χ1) is 11.9. The van der Waals surface area contributed by atoms with E-state index in [1.807, 2.05) is 24.3 Å². The summed E-state index contributed by atoms with van der Waals surface area (Å²) < 4.78 is 43.5. The maximum Gasteiger partial charge on any atom is 0.416 e. The minimum Gasteiger partial charge on any atom is -0.484 e. The lowest BCUT2D eigenvalue weighted by Crippen LogP contribution is -2.35. The van der Waals surface area contributed by atoms with Crippen molar-refractivity contribution in [2.24, 2.45) is 0 Å². The fourth-order valence-corrected chi connectivity index (χ4v) is 3.57. The number of amides is 1. The molecule has 0 bridgehead atoms. The number of hydrogen-bond acceptors (Lipinski definition) is 3. The zero-order valence-corrected chi connectivity index (χ0v) is 14.1. The zero-order chi connectivity index (χ0) is 17.9. The van der Waals surface area contributed by atoms with Crippen LogP contribution in [0.25, 0.3) is 0 Å². The molecular formula is C18H16F3NO2S. The molecule has 0 saturated carbocycles. The normalized spacial score (nSPS) is 14.6. The highest BCUT2D eigenvalue weighted by molar-refractivity contribution is 7.99. The fourth-order valence-electron chi connectivity index (χ4n) is 2.57. The molecule has 25 heavy (non-hydrogen) atoms. The number of hydrogen-bond donors (Lipinski definition) is 0. The summed E-state index contributed by atoms with van der Waals surface area (Å²) in [4.78, 5) is 15.2. The van der Waals surface area contributed by atoms with Crippen LogP contribution in [0.3, 0.4) is 0 Å². The Bertz CT molecular complexity index is 764. The van der Waals surface area contributed by atoms with Crippen molar-refractivity contribution in [1.29, 1.82) is 0 Å². The number of carbonyl (C=O) groups is 1. The predicted octanol–water partition coefficient (Wildman–Crippen LogP) is 4.61. The van der Waals surface area contributed by atoms with Gasteiger partial charge in [0.2, 0.25) is 0 Å². The van der Waals surface area contributed by atoms with Gasteiger partial charge in [-0.05, 0) is 42.5 Å². The highest BCUT2D eigenvalue weighted by Gasteiger charge is 2.30. The van der Waals surface area contributed by atoms with Crippen molar-refractivity contribution in [3.8, 4) is 5.75 Å². The molecule has 0 radical (unpaired) electrons. The fraction of sp³-hybridized carbons (Fsp3) is 0.278. The third-order valence-electron chi connectivity index (χ3n) is 3.76. The topological polar surface area (TPSA) is 29.5 Å². The molecule has 0 N–H and O–H groups in total. The summed E-state index contributed by atoms with van der Waals surface area (Å²) in [6.07, 6.45) is -3.60. The highest BCUT2D eigenvalue weighted by atomic mass is 32.2. The lowest BCUT2D eigenvalue weighted by molar-refractivity contribution is -0.137. The van der Waals surface area contributed by atoms with Gasteiger partial charge in [0.05, 0.1) is 11.3 Å². The molecule has 0 aliphatic carbocycles. The van der Waals surface area contributed by atoms with E-state index in [1.165, 1.54) is 12.1 Å². The molecule has 0 spiro atoms. The summed E-state index contributed by atoms with van der Waals surface area (Å²) in [5, 5.41) is 0. The summed E-state index contributed by atoms with van der Waals surface area (Å²) in [6.45, 7) is 0.259. The molecule has 2 aromatic carbocycles. The van der Waals surface area contributed by atoms with Gasteiger partial charge < -0.3 is 9.64 Å². The number of anilines is 1. The van der Waals surface area contributed by atoms with E-state index in [2.05, 4.69) is 0 Å². The van der Waals surface area contributed by atoms with E-state index in [9.17, 15) is 18.0 Å². The molecule has 0 unspecified atom stereocenters. The number of rotatable bonds is 3. The number of alkyl halides is 3. The lowest BCUT2D eigenvalue weighted by Gasteiger charge is -2.22. The van der Waals surface area contributed by atoms with Gasteiger partial charge in [-0.2, -0.15) is 13.2 Å². The van der Waals surface area contributed by atoms with Gasteiger partial charge in [0.1, 0.15) is 5.75 Å². The number of benzene rings is 2. The summed E-state index contributed by atoms with van der Waals surface area (Å²) in [5.74, 6) is 0.669. The van der Waals surface area contributed by atoms with Crippen molar-refractivity contribution in [2.45, 2.75) is 17.5 Å². The molecule has 3 nitrogen and oxygen atoms in total. The van der Waals surface area contributed by atoms with Crippen molar-refractivity contribution in [3.63, 3.8) is 0 Å². The maximum absolute atomic E-state index is 12.7. The minimum absolute atomic E-state index is 0.0284. The third kappa shape index (κ3) is 4.28. The summed E-state index contributed by atoms with van der Waals surface area (Å²) in [7, 11) is 0. The van der Waals surface area contributed by atoms with Crippen LogP contribution in [-0.2, 0) is 11.0 Å². The van der Waals surface area contributed by atoms with Gasteiger partial charge in [-0.3, -0.25) is 4.79 Å². The van der Waals surface area contributed by atoms with Crippen molar-refractivity contribution < 1.29 is 22.7 Å². The Morgan fingerprint density at radius 2 is 1.96 bits per heavy atom. The second-order valence-corrected chi connectivity index (χ2v) is 6.67. The first-order valence-corrected chi connectivity index (χ1v) is 8.76. The minimum atomic E-state index is -4.44. The molecule has 0 saturated heterocycles. The Hall–Kier alpha value is -2.15. The van der Waals surface area contributed by atoms with Crippen molar-refractivity contribution in [3.05, 3.63) is 54.1 Å². The van der Waals surface area contributed by atoms with Crippen LogP contribution in [0.4, 0.5) is 18.9 Å². The van der Waals surface area contributed by atoms with Gasteiger partial charge in [-0.15, -0.1) is 11.8 Å². The Morgan fingerprint density at radius 3 is 2.76 bits per heavy atom. The van der Waals surface area contributed by atoms with Crippen LogP contribution in [0.15, 0.2) is 53.4 Å². The van der Waals surface area contributed by atoms with E-state index in [4.69, 9.17) is 4.74 Å². The molecule has 132 valence electrons. The Labute approximate surface area is 147 Å². The van der Waals surface area contributed by atoms with Crippen LogP contribution in [0.1, 0.15) is 12.0 Å².